The third-order valence-corrected chi connectivity index (χ3v) is 10.7. The van der Waals surface area contributed by atoms with E-state index >= 15 is 8.78 Å². The topological polar surface area (TPSA) is 73.8 Å². The minimum Gasteiger partial charge on any atom is -0.508 e. The second kappa shape index (κ2) is 11.6. The van der Waals surface area contributed by atoms with Gasteiger partial charge in [0.2, 0.25) is 0 Å². The number of benzene rings is 3. The molecule has 246 valence electrons. The second-order valence-electron chi connectivity index (χ2n) is 14.1. The van der Waals surface area contributed by atoms with Crippen LogP contribution in [-0.4, -0.2) is 70.9 Å². The summed E-state index contributed by atoms with van der Waals surface area (Å²) in [5, 5.41) is 14.8. The summed E-state index contributed by atoms with van der Waals surface area (Å²) in [4.78, 5) is 13.9. The van der Waals surface area contributed by atoms with Gasteiger partial charge < -0.3 is 20.1 Å². The fourth-order valence-corrected chi connectivity index (χ4v) is 8.15. The third kappa shape index (κ3) is 5.19. The molecule has 4 fully saturated rings. The van der Waals surface area contributed by atoms with Crippen LogP contribution in [0.25, 0.3) is 32.8 Å². The molecule has 3 saturated heterocycles. The van der Waals surface area contributed by atoms with E-state index in [1.807, 2.05) is 4.90 Å². The molecule has 4 atom stereocenters. The monoisotopic (exact) mass is 651 g/mol. The number of nitrogens with zero attached hydrogens (tertiary/aromatic N) is 4. The molecule has 8 rings (SSSR count). The van der Waals surface area contributed by atoms with Gasteiger partial charge in [0.25, 0.3) is 0 Å². The lowest BCUT2D eigenvalue weighted by atomic mass is 9.73. The van der Waals surface area contributed by atoms with E-state index in [-0.39, 0.29) is 69.2 Å². The number of rotatable bonds is 6. The van der Waals surface area contributed by atoms with Crippen molar-refractivity contribution in [1.29, 1.82) is 0 Å². The smallest absolute Gasteiger partial charge is 0.319 e. The van der Waals surface area contributed by atoms with Crippen LogP contribution in [0.3, 0.4) is 0 Å². The minimum absolute atomic E-state index is 0.0153. The van der Waals surface area contributed by atoms with Crippen LogP contribution < -0.4 is 15.0 Å². The zero-order valence-corrected chi connectivity index (χ0v) is 26.7. The van der Waals surface area contributed by atoms with Crippen LogP contribution in [0, 0.1) is 53.5 Å². The van der Waals surface area contributed by atoms with Gasteiger partial charge in [-0.1, -0.05) is 18.9 Å². The molecule has 1 aliphatic carbocycles. The van der Waals surface area contributed by atoms with E-state index in [9.17, 15) is 9.50 Å². The molecule has 4 heterocycles. The number of hydrogen-bond donors (Lipinski definition) is 2. The molecule has 2 bridgehead atoms. The van der Waals surface area contributed by atoms with Gasteiger partial charge in [-0.25, -0.2) is 13.2 Å². The molecule has 3 aromatic carbocycles. The molecule has 0 amide bonds. The van der Waals surface area contributed by atoms with Crippen molar-refractivity contribution in [3.8, 4) is 47.6 Å². The summed E-state index contributed by atoms with van der Waals surface area (Å²) in [6, 6.07) is 7.37. The van der Waals surface area contributed by atoms with Gasteiger partial charge in [0.05, 0.1) is 17.7 Å². The number of ether oxygens (including phenoxy) is 1. The van der Waals surface area contributed by atoms with Crippen molar-refractivity contribution in [3.63, 3.8) is 0 Å². The van der Waals surface area contributed by atoms with Gasteiger partial charge >= 0.3 is 6.01 Å². The molecule has 0 spiro atoms. The Kier molecular flexibility index (Phi) is 7.43. The molecule has 7 nitrogen and oxygen atoms in total. The molecule has 4 aliphatic rings. The summed E-state index contributed by atoms with van der Waals surface area (Å²) in [6.45, 7) is 5.29. The van der Waals surface area contributed by atoms with Gasteiger partial charge in [-0.2, -0.15) is 9.97 Å². The lowest BCUT2D eigenvalue weighted by molar-refractivity contribution is 0.0200. The predicted octanol–water partition coefficient (Wildman–Crippen LogP) is 6.00. The zero-order chi connectivity index (χ0) is 33.3. The van der Waals surface area contributed by atoms with Crippen LogP contribution in [0.5, 0.6) is 11.8 Å². The van der Waals surface area contributed by atoms with Crippen molar-refractivity contribution in [2.45, 2.75) is 57.2 Å². The first-order valence-electron chi connectivity index (χ1n) is 16.6. The number of aromatic nitrogens is 2. The van der Waals surface area contributed by atoms with E-state index in [0.29, 0.717) is 30.3 Å². The number of terminal acetylenes is 2. The molecular formula is C38H36F3N5O2. The summed E-state index contributed by atoms with van der Waals surface area (Å²) < 4.78 is 54.5. The van der Waals surface area contributed by atoms with Crippen molar-refractivity contribution in [1.82, 2.24) is 20.2 Å². The Morgan fingerprint density at radius 2 is 1.79 bits per heavy atom. The van der Waals surface area contributed by atoms with Crippen molar-refractivity contribution >= 4 is 27.5 Å². The highest BCUT2D eigenvalue weighted by Gasteiger charge is 2.44. The Morgan fingerprint density at radius 1 is 1.02 bits per heavy atom. The van der Waals surface area contributed by atoms with Gasteiger partial charge in [-0.15, -0.1) is 18.8 Å². The van der Waals surface area contributed by atoms with E-state index < -0.39 is 23.0 Å². The van der Waals surface area contributed by atoms with Crippen LogP contribution in [-0.2, 0) is 0 Å². The molecule has 3 aliphatic heterocycles. The van der Waals surface area contributed by atoms with Gasteiger partial charge in [-0.05, 0) is 68.3 Å². The van der Waals surface area contributed by atoms with Crippen molar-refractivity contribution in [2.24, 2.45) is 11.3 Å². The number of fused-ring (bicyclic) bond motifs is 4. The van der Waals surface area contributed by atoms with E-state index in [4.69, 9.17) is 22.6 Å². The van der Waals surface area contributed by atoms with E-state index in [1.165, 1.54) is 43.2 Å². The van der Waals surface area contributed by atoms with Crippen LogP contribution in [0.2, 0.25) is 0 Å². The number of anilines is 1. The van der Waals surface area contributed by atoms with Crippen molar-refractivity contribution in [3.05, 3.63) is 53.3 Å². The molecule has 2 N–H and O–H groups in total. The quantitative estimate of drug-likeness (QED) is 0.248. The van der Waals surface area contributed by atoms with E-state index in [0.717, 1.165) is 32.4 Å². The second-order valence-corrected chi connectivity index (χ2v) is 14.1. The van der Waals surface area contributed by atoms with Gasteiger partial charge in [0, 0.05) is 65.4 Å². The molecule has 0 unspecified atom stereocenters. The minimum atomic E-state index is -0.985. The largest absolute Gasteiger partial charge is 0.508 e. The van der Waals surface area contributed by atoms with Crippen LogP contribution in [0.4, 0.5) is 19.0 Å². The maximum absolute atomic E-state index is 17.0. The Balaban J connectivity index is 1.27. The maximum Gasteiger partial charge on any atom is 0.319 e. The number of halogens is 3. The van der Waals surface area contributed by atoms with Gasteiger partial charge in [-0.3, -0.25) is 4.90 Å². The van der Waals surface area contributed by atoms with E-state index in [2.05, 4.69) is 34.0 Å². The number of hydrogen-bond acceptors (Lipinski definition) is 7. The number of aromatic hydroxyl groups is 1. The SMILES string of the molecule is C#Cc1c(F)ccc2cc(O)cc(-c3c(F)cc4c(N5C[C@H]6CC[C@@H](C5)N6)nc(OC[C@@]5(C)CN(C6CC6)CC[C@H]5C#C)nc4c3F)c12. The zero-order valence-electron chi connectivity index (χ0n) is 26.7. The fourth-order valence-electron chi connectivity index (χ4n) is 8.15. The number of nitrogens with one attached hydrogen (secondary N) is 1. The molecule has 10 heteroatoms. The van der Waals surface area contributed by atoms with Crippen molar-refractivity contribution < 1.29 is 23.0 Å². The molecule has 48 heavy (non-hydrogen) atoms. The van der Waals surface area contributed by atoms with Crippen LogP contribution in [0.15, 0.2) is 30.3 Å². The van der Waals surface area contributed by atoms with E-state index in [1.54, 1.807) is 0 Å². The maximum atomic E-state index is 17.0. The lowest BCUT2D eigenvalue weighted by Crippen LogP contribution is -2.51. The number of piperazine rings is 1. The Hall–Kier alpha value is -4.51. The number of phenolic OH excluding ortho intramolecular Hbond substituents is 1. The summed E-state index contributed by atoms with van der Waals surface area (Å²) in [5.74, 6) is 2.79. The lowest BCUT2D eigenvalue weighted by Gasteiger charge is -2.44. The van der Waals surface area contributed by atoms with Crippen LogP contribution >= 0.6 is 0 Å². The molecule has 1 saturated carbocycles. The predicted molar refractivity (Wildman–Crippen MR) is 179 cm³/mol. The highest BCUT2D eigenvalue weighted by molar-refractivity contribution is 6.04. The first kappa shape index (κ1) is 30.8. The van der Waals surface area contributed by atoms with Crippen molar-refractivity contribution in [2.75, 3.05) is 37.7 Å². The molecule has 1 aromatic heterocycles. The third-order valence-electron chi connectivity index (χ3n) is 10.7. The standard InChI is InChI=1S/C38H36F3N5O2/c1-4-22-12-13-45(25-9-10-25)19-38(22,3)20-48-37-43-35-29(36(44-37)46-17-23-7-8-24(18-46)42-23)16-31(40)33(34(35)41)28-15-26(47)14-21-6-11-30(39)27(5-2)32(21)28/h1-2,6,11,14-16,22-25,42,47H,7-10,12-13,17-20H2,3H3/t22-,23-,24+,38-/m1/s1. The number of likely N-dealkylation sites (tertiary alicyclic amines) is 1. The van der Waals surface area contributed by atoms with Gasteiger partial charge in [0.15, 0.2) is 5.82 Å². The molecule has 4 aromatic rings. The first-order chi connectivity index (χ1) is 23.2. The fraction of sp³-hybridized carbons (Fsp3) is 0.421. The summed E-state index contributed by atoms with van der Waals surface area (Å²) in [5.41, 5.74) is -1.24. The highest BCUT2D eigenvalue weighted by atomic mass is 19.1. The summed E-state index contributed by atoms with van der Waals surface area (Å²) in [6.07, 6.45) is 16.9. The van der Waals surface area contributed by atoms with Gasteiger partial charge in [0.1, 0.15) is 28.7 Å². The first-order valence-corrected chi connectivity index (χ1v) is 16.6. The Bertz CT molecular complexity index is 2040. The normalized spacial score (nSPS) is 25.7. The average molecular weight is 652 g/mol. The Morgan fingerprint density at radius 3 is 2.50 bits per heavy atom. The molecule has 0 radical (unpaired) electrons. The highest BCUT2D eigenvalue weighted by Crippen LogP contribution is 2.43. The average Bonchev–Trinajstić information content (AvgIpc) is 3.87. The number of phenols is 1. The Labute approximate surface area is 277 Å². The number of piperidine rings is 1. The summed E-state index contributed by atoms with van der Waals surface area (Å²) in [7, 11) is 0. The van der Waals surface area contributed by atoms with Crippen LogP contribution in [0.1, 0.15) is 44.6 Å². The molecular weight excluding hydrogens is 615 g/mol. The summed E-state index contributed by atoms with van der Waals surface area (Å²) >= 11 is 0.